The summed E-state index contributed by atoms with van der Waals surface area (Å²) < 4.78 is 33.7. The third-order valence-electron chi connectivity index (χ3n) is 2.42. The van der Waals surface area contributed by atoms with Crippen molar-refractivity contribution in [3.05, 3.63) is 29.8 Å². The molecule has 1 rings (SSSR count). The molecule has 0 aliphatic heterocycles. The van der Waals surface area contributed by atoms with Gasteiger partial charge in [-0.15, -0.1) is 0 Å². The van der Waals surface area contributed by atoms with E-state index in [4.69, 9.17) is 8.92 Å². The van der Waals surface area contributed by atoms with Crippen LogP contribution in [0.15, 0.2) is 29.2 Å². The Balaban J connectivity index is 2.79. The Labute approximate surface area is 103 Å². The molecule has 0 saturated carbocycles. The highest BCUT2D eigenvalue weighted by atomic mass is 32.2. The van der Waals surface area contributed by atoms with Crippen molar-refractivity contribution in [2.24, 2.45) is 0 Å². The number of aryl methyl sites for hydroxylation is 1. The van der Waals surface area contributed by atoms with E-state index in [1.807, 2.05) is 6.92 Å². The first-order chi connectivity index (χ1) is 7.77. The molecule has 0 spiro atoms. The van der Waals surface area contributed by atoms with Crippen LogP contribution in [0.3, 0.4) is 0 Å². The van der Waals surface area contributed by atoms with Gasteiger partial charge in [0.2, 0.25) is 0 Å². The number of methoxy groups -OCH3 is 1. The standard InChI is InChI=1S/C12H18O4S/c1-10-5-7-11(8-6-10)17(13,14)16-9-12(2,3)15-4/h5-8H,9H2,1-4H3. The quantitative estimate of drug-likeness (QED) is 0.759. The van der Waals surface area contributed by atoms with Gasteiger partial charge in [-0.2, -0.15) is 8.42 Å². The molecule has 0 atom stereocenters. The van der Waals surface area contributed by atoms with Gasteiger partial charge in [0.25, 0.3) is 10.1 Å². The van der Waals surface area contributed by atoms with Crippen LogP contribution < -0.4 is 0 Å². The molecule has 0 heterocycles. The Morgan fingerprint density at radius 2 is 1.71 bits per heavy atom. The molecule has 0 aromatic heterocycles. The van der Waals surface area contributed by atoms with E-state index < -0.39 is 15.7 Å². The van der Waals surface area contributed by atoms with E-state index in [0.717, 1.165) is 5.56 Å². The lowest BCUT2D eigenvalue weighted by molar-refractivity contribution is -0.0130. The number of ether oxygens (including phenoxy) is 1. The number of rotatable bonds is 5. The average Bonchev–Trinajstić information content (AvgIpc) is 2.27. The Morgan fingerprint density at radius 1 is 1.18 bits per heavy atom. The SMILES string of the molecule is COC(C)(C)COS(=O)(=O)c1ccc(C)cc1. The molecule has 0 fully saturated rings. The number of hydrogen-bond donors (Lipinski definition) is 0. The minimum Gasteiger partial charge on any atom is -0.376 e. The van der Waals surface area contributed by atoms with Crippen molar-refractivity contribution in [3.8, 4) is 0 Å². The monoisotopic (exact) mass is 258 g/mol. The fourth-order valence-corrected chi connectivity index (χ4v) is 2.10. The summed E-state index contributed by atoms with van der Waals surface area (Å²) in [5.41, 5.74) is 0.374. The molecule has 0 aliphatic carbocycles. The van der Waals surface area contributed by atoms with Gasteiger partial charge in [-0.25, -0.2) is 0 Å². The van der Waals surface area contributed by atoms with Crippen molar-refractivity contribution in [1.29, 1.82) is 0 Å². The zero-order valence-electron chi connectivity index (χ0n) is 10.6. The molecule has 17 heavy (non-hydrogen) atoms. The highest BCUT2D eigenvalue weighted by Crippen LogP contribution is 2.16. The summed E-state index contributed by atoms with van der Waals surface area (Å²) in [4.78, 5) is 0.162. The second-order valence-corrected chi connectivity index (χ2v) is 6.11. The van der Waals surface area contributed by atoms with Crippen molar-refractivity contribution in [1.82, 2.24) is 0 Å². The summed E-state index contributed by atoms with van der Waals surface area (Å²) in [7, 11) is -2.18. The molecule has 0 aliphatic rings. The van der Waals surface area contributed by atoms with Crippen molar-refractivity contribution in [3.63, 3.8) is 0 Å². The van der Waals surface area contributed by atoms with Crippen molar-refractivity contribution in [2.45, 2.75) is 31.3 Å². The van der Waals surface area contributed by atoms with Crippen LogP contribution >= 0.6 is 0 Å². The van der Waals surface area contributed by atoms with Crippen molar-refractivity contribution >= 4 is 10.1 Å². The van der Waals surface area contributed by atoms with Gasteiger partial charge >= 0.3 is 0 Å². The largest absolute Gasteiger partial charge is 0.376 e. The van der Waals surface area contributed by atoms with Crippen molar-refractivity contribution < 1.29 is 17.3 Å². The minimum atomic E-state index is -3.70. The fraction of sp³-hybridized carbons (Fsp3) is 0.500. The highest BCUT2D eigenvalue weighted by Gasteiger charge is 2.23. The van der Waals surface area contributed by atoms with Gasteiger partial charge in [0.1, 0.15) is 0 Å². The van der Waals surface area contributed by atoms with Crippen LogP contribution in [0.5, 0.6) is 0 Å². The molecule has 5 heteroatoms. The highest BCUT2D eigenvalue weighted by molar-refractivity contribution is 7.86. The van der Waals surface area contributed by atoms with E-state index in [9.17, 15) is 8.42 Å². The van der Waals surface area contributed by atoms with E-state index in [1.165, 1.54) is 19.2 Å². The van der Waals surface area contributed by atoms with Gasteiger partial charge in [-0.05, 0) is 32.9 Å². The maximum absolute atomic E-state index is 11.8. The van der Waals surface area contributed by atoms with Crippen molar-refractivity contribution in [2.75, 3.05) is 13.7 Å². The van der Waals surface area contributed by atoms with E-state index >= 15 is 0 Å². The maximum atomic E-state index is 11.8. The Hall–Kier alpha value is -0.910. The maximum Gasteiger partial charge on any atom is 0.297 e. The van der Waals surface area contributed by atoms with Gasteiger partial charge in [-0.1, -0.05) is 17.7 Å². The van der Waals surface area contributed by atoms with E-state index in [1.54, 1.807) is 26.0 Å². The molecule has 96 valence electrons. The third kappa shape index (κ3) is 4.11. The summed E-state index contributed by atoms with van der Waals surface area (Å²) in [6, 6.07) is 6.53. The molecule has 0 amide bonds. The first-order valence-electron chi connectivity index (χ1n) is 5.28. The summed E-state index contributed by atoms with van der Waals surface area (Å²) in [5.74, 6) is 0. The molecular weight excluding hydrogens is 240 g/mol. The lowest BCUT2D eigenvalue weighted by atomic mass is 10.2. The molecule has 0 saturated heterocycles. The van der Waals surface area contributed by atoms with E-state index in [0.29, 0.717) is 0 Å². The second kappa shape index (κ2) is 5.16. The molecule has 0 unspecified atom stereocenters. The summed E-state index contributed by atoms with van der Waals surface area (Å²) in [6.07, 6.45) is 0. The molecule has 1 aromatic carbocycles. The first kappa shape index (κ1) is 14.2. The summed E-state index contributed by atoms with van der Waals surface area (Å²) in [5, 5.41) is 0. The normalized spacial score (nSPS) is 12.7. The molecular formula is C12H18O4S. The summed E-state index contributed by atoms with van der Waals surface area (Å²) >= 11 is 0. The van der Waals surface area contributed by atoms with Crippen LogP contribution in [0, 0.1) is 6.92 Å². The van der Waals surface area contributed by atoms with Gasteiger partial charge < -0.3 is 4.74 Å². The fourth-order valence-electron chi connectivity index (χ4n) is 1.05. The molecule has 0 N–H and O–H groups in total. The van der Waals surface area contributed by atoms with Gasteiger partial charge in [0.15, 0.2) is 0 Å². The third-order valence-corrected chi connectivity index (χ3v) is 3.70. The lowest BCUT2D eigenvalue weighted by Gasteiger charge is -2.22. The minimum absolute atomic E-state index is 0.0142. The predicted octanol–water partition coefficient (Wildman–Crippen LogP) is 2.13. The van der Waals surface area contributed by atoms with Gasteiger partial charge in [0, 0.05) is 7.11 Å². The van der Waals surface area contributed by atoms with Crippen LogP contribution in [-0.2, 0) is 19.0 Å². The zero-order chi connectivity index (χ0) is 13.1. The zero-order valence-corrected chi connectivity index (χ0v) is 11.4. The Bertz CT molecular complexity index is 460. The second-order valence-electron chi connectivity index (χ2n) is 4.49. The van der Waals surface area contributed by atoms with E-state index in [-0.39, 0.29) is 11.5 Å². The Kier molecular flexibility index (Phi) is 4.30. The lowest BCUT2D eigenvalue weighted by Crippen LogP contribution is -2.30. The van der Waals surface area contributed by atoms with Crippen LogP contribution in [-0.4, -0.2) is 27.7 Å². The average molecular weight is 258 g/mol. The predicted molar refractivity (Wildman–Crippen MR) is 65.4 cm³/mol. The van der Waals surface area contributed by atoms with Crippen LogP contribution in [0.2, 0.25) is 0 Å². The number of benzene rings is 1. The number of hydrogen-bond acceptors (Lipinski definition) is 4. The summed E-state index contributed by atoms with van der Waals surface area (Å²) in [6.45, 7) is 5.40. The van der Waals surface area contributed by atoms with Crippen LogP contribution in [0.25, 0.3) is 0 Å². The molecule has 0 radical (unpaired) electrons. The molecule has 1 aromatic rings. The topological polar surface area (TPSA) is 52.6 Å². The van der Waals surface area contributed by atoms with Crippen LogP contribution in [0.1, 0.15) is 19.4 Å². The van der Waals surface area contributed by atoms with E-state index in [2.05, 4.69) is 0 Å². The smallest absolute Gasteiger partial charge is 0.297 e. The van der Waals surface area contributed by atoms with Crippen LogP contribution in [0.4, 0.5) is 0 Å². The molecule has 4 nitrogen and oxygen atoms in total. The first-order valence-corrected chi connectivity index (χ1v) is 6.69. The Morgan fingerprint density at radius 3 is 2.18 bits per heavy atom. The molecule has 0 bridgehead atoms. The van der Waals surface area contributed by atoms with Gasteiger partial charge in [0.05, 0.1) is 17.1 Å². The van der Waals surface area contributed by atoms with Gasteiger partial charge in [-0.3, -0.25) is 4.18 Å².